The van der Waals surface area contributed by atoms with Crippen molar-refractivity contribution >= 4 is 22.7 Å². The molecule has 3 aromatic rings. The summed E-state index contributed by atoms with van der Waals surface area (Å²) >= 11 is 0. The van der Waals surface area contributed by atoms with Gasteiger partial charge >= 0.3 is 0 Å². The molecule has 1 aliphatic rings. The van der Waals surface area contributed by atoms with Crippen LogP contribution in [-0.4, -0.2) is 52.8 Å². The third-order valence-electron chi connectivity index (χ3n) is 7.54. The van der Waals surface area contributed by atoms with E-state index in [4.69, 9.17) is 4.74 Å². The Morgan fingerprint density at radius 1 is 1.08 bits per heavy atom. The second-order valence-corrected chi connectivity index (χ2v) is 10.2. The van der Waals surface area contributed by atoms with Crippen molar-refractivity contribution in [1.82, 2.24) is 14.8 Å². The molecule has 1 unspecified atom stereocenters. The van der Waals surface area contributed by atoms with Crippen LogP contribution in [0, 0.1) is 5.92 Å². The van der Waals surface area contributed by atoms with E-state index in [1.54, 1.807) is 7.11 Å². The lowest BCUT2D eigenvalue weighted by Crippen LogP contribution is -2.46. The van der Waals surface area contributed by atoms with E-state index in [9.17, 15) is 9.59 Å². The highest BCUT2D eigenvalue weighted by Crippen LogP contribution is 2.30. The maximum atomic E-state index is 13.8. The molecule has 1 N–H and O–H groups in total. The van der Waals surface area contributed by atoms with Crippen molar-refractivity contribution < 1.29 is 14.3 Å². The zero-order valence-corrected chi connectivity index (χ0v) is 22.5. The maximum Gasteiger partial charge on any atom is 0.242 e. The Labute approximate surface area is 221 Å². The summed E-state index contributed by atoms with van der Waals surface area (Å²) in [4.78, 5) is 34.4. The normalized spacial score (nSPS) is 13.9. The number of ether oxygens (including phenoxy) is 1. The average molecular weight is 504 g/mol. The number of hydrogen-bond donors (Lipinski definition) is 1. The molecular formula is C31H41N3O3. The third-order valence-corrected chi connectivity index (χ3v) is 7.54. The molecular weight excluding hydrogens is 462 g/mol. The monoisotopic (exact) mass is 503 g/mol. The number of nitrogens with zero attached hydrogens (tertiary/aromatic N) is 2. The summed E-state index contributed by atoms with van der Waals surface area (Å²) in [5.41, 5.74) is 3.35. The number of amides is 2. The number of nitrogens with one attached hydrogen (secondary N) is 1. The highest BCUT2D eigenvalue weighted by molar-refractivity contribution is 5.87. The summed E-state index contributed by atoms with van der Waals surface area (Å²) in [6.07, 6.45) is 8.64. The summed E-state index contributed by atoms with van der Waals surface area (Å²) in [7, 11) is 1.65. The number of aromatic nitrogens is 1. The molecule has 0 aliphatic heterocycles. The fourth-order valence-electron chi connectivity index (χ4n) is 5.04. The van der Waals surface area contributed by atoms with Crippen molar-refractivity contribution in [2.45, 2.75) is 71.4 Å². The Kier molecular flexibility index (Phi) is 9.26. The number of carbonyl (C=O) groups excluding carboxylic acids is 2. The minimum Gasteiger partial charge on any atom is -0.497 e. The molecule has 6 nitrogen and oxygen atoms in total. The van der Waals surface area contributed by atoms with E-state index in [0.29, 0.717) is 13.1 Å². The van der Waals surface area contributed by atoms with Crippen LogP contribution in [0.25, 0.3) is 10.9 Å². The Morgan fingerprint density at radius 2 is 1.84 bits per heavy atom. The van der Waals surface area contributed by atoms with Crippen molar-refractivity contribution in [2.24, 2.45) is 5.92 Å². The second-order valence-electron chi connectivity index (χ2n) is 10.2. The van der Waals surface area contributed by atoms with Gasteiger partial charge in [-0.05, 0) is 61.4 Å². The van der Waals surface area contributed by atoms with Gasteiger partial charge in [-0.2, -0.15) is 0 Å². The van der Waals surface area contributed by atoms with Crippen molar-refractivity contribution in [2.75, 3.05) is 20.2 Å². The van der Waals surface area contributed by atoms with Crippen LogP contribution in [0.3, 0.4) is 0 Å². The van der Waals surface area contributed by atoms with Crippen LogP contribution in [0.2, 0.25) is 0 Å². The molecule has 198 valence electrons. The predicted molar refractivity (Wildman–Crippen MR) is 148 cm³/mol. The molecule has 1 aliphatic carbocycles. The summed E-state index contributed by atoms with van der Waals surface area (Å²) in [5.74, 6) is 0.979. The van der Waals surface area contributed by atoms with Crippen LogP contribution in [0.4, 0.5) is 0 Å². The Balaban J connectivity index is 1.50. The van der Waals surface area contributed by atoms with Crippen LogP contribution >= 0.6 is 0 Å². The van der Waals surface area contributed by atoms with E-state index < -0.39 is 0 Å². The van der Waals surface area contributed by atoms with Crippen molar-refractivity contribution in [3.05, 3.63) is 65.9 Å². The first-order valence-electron chi connectivity index (χ1n) is 13.8. The molecule has 1 atom stereocenters. The lowest BCUT2D eigenvalue weighted by molar-refractivity contribution is -0.144. The standard InChI is InChI=1S/C31H41N3O3/c1-4-6-9-24(5-2)31(36)34(26-14-15-26)22-30(35)33(21-23-12-16-27(37-3)17-13-23)19-18-25-20-32-29-11-8-7-10-28(25)29/h7-8,10-13,16-17,20,24,26,32H,4-6,9,14-15,18-19,21-22H2,1-3H3. The van der Waals surface area contributed by atoms with Gasteiger partial charge in [-0.15, -0.1) is 0 Å². The predicted octanol–water partition coefficient (Wildman–Crippen LogP) is 5.96. The van der Waals surface area contributed by atoms with E-state index in [0.717, 1.165) is 61.8 Å². The zero-order valence-electron chi connectivity index (χ0n) is 22.5. The van der Waals surface area contributed by atoms with E-state index in [2.05, 4.69) is 31.0 Å². The number of rotatable bonds is 14. The maximum absolute atomic E-state index is 13.8. The topological polar surface area (TPSA) is 65.6 Å². The van der Waals surface area contributed by atoms with Gasteiger partial charge in [0.1, 0.15) is 12.3 Å². The van der Waals surface area contributed by atoms with Crippen LogP contribution in [-0.2, 0) is 22.6 Å². The van der Waals surface area contributed by atoms with Gasteiger partial charge in [0.25, 0.3) is 0 Å². The number of aromatic amines is 1. The van der Waals surface area contributed by atoms with E-state index in [1.807, 2.05) is 52.4 Å². The summed E-state index contributed by atoms with van der Waals surface area (Å²) in [6, 6.07) is 16.3. The van der Waals surface area contributed by atoms with E-state index in [-0.39, 0.29) is 30.3 Å². The first kappa shape index (κ1) is 26.8. The molecule has 2 amide bonds. The van der Waals surface area contributed by atoms with Gasteiger partial charge in [-0.25, -0.2) is 0 Å². The van der Waals surface area contributed by atoms with Crippen molar-refractivity contribution in [3.63, 3.8) is 0 Å². The van der Waals surface area contributed by atoms with Gasteiger partial charge < -0.3 is 19.5 Å². The Morgan fingerprint density at radius 3 is 2.51 bits per heavy atom. The molecule has 0 bridgehead atoms. The molecule has 1 heterocycles. The number of methoxy groups -OCH3 is 1. The first-order chi connectivity index (χ1) is 18.0. The highest BCUT2D eigenvalue weighted by Gasteiger charge is 2.37. The van der Waals surface area contributed by atoms with Gasteiger partial charge in [-0.3, -0.25) is 9.59 Å². The molecule has 1 fully saturated rings. The van der Waals surface area contributed by atoms with Gasteiger partial charge in [0, 0.05) is 42.1 Å². The van der Waals surface area contributed by atoms with Crippen molar-refractivity contribution in [3.8, 4) is 5.75 Å². The lowest BCUT2D eigenvalue weighted by Gasteiger charge is -2.30. The zero-order chi connectivity index (χ0) is 26.2. The van der Waals surface area contributed by atoms with Gasteiger partial charge in [0.05, 0.1) is 7.11 Å². The number of carbonyl (C=O) groups is 2. The fraction of sp³-hybridized carbons (Fsp3) is 0.484. The van der Waals surface area contributed by atoms with Gasteiger partial charge in [0.2, 0.25) is 11.8 Å². The highest BCUT2D eigenvalue weighted by atomic mass is 16.5. The number of para-hydroxylation sites is 1. The van der Waals surface area contributed by atoms with Gasteiger partial charge in [-0.1, -0.05) is 57.0 Å². The SMILES string of the molecule is CCCCC(CC)C(=O)N(CC(=O)N(CCc1c[nH]c2ccccc12)Cc1ccc(OC)cc1)C1CC1. The number of benzene rings is 2. The largest absolute Gasteiger partial charge is 0.497 e. The molecule has 6 heteroatoms. The first-order valence-corrected chi connectivity index (χ1v) is 13.8. The lowest BCUT2D eigenvalue weighted by atomic mass is 9.97. The molecule has 4 rings (SSSR count). The van der Waals surface area contributed by atoms with E-state index >= 15 is 0 Å². The number of hydrogen-bond acceptors (Lipinski definition) is 3. The molecule has 1 saturated carbocycles. The summed E-state index contributed by atoms with van der Waals surface area (Å²) in [6.45, 7) is 5.50. The Hall–Kier alpha value is -3.28. The number of H-pyrrole nitrogens is 1. The second kappa shape index (κ2) is 12.8. The van der Waals surface area contributed by atoms with Crippen LogP contribution in [0.15, 0.2) is 54.7 Å². The number of unbranched alkanes of at least 4 members (excludes halogenated alkanes) is 1. The molecule has 0 saturated heterocycles. The van der Waals surface area contributed by atoms with Gasteiger partial charge in [0.15, 0.2) is 0 Å². The Bertz CT molecular complexity index is 1170. The smallest absolute Gasteiger partial charge is 0.242 e. The summed E-state index contributed by atoms with van der Waals surface area (Å²) < 4.78 is 5.30. The van der Waals surface area contributed by atoms with E-state index in [1.165, 1.54) is 10.9 Å². The summed E-state index contributed by atoms with van der Waals surface area (Å²) in [5, 5.41) is 1.19. The van der Waals surface area contributed by atoms with Crippen LogP contribution in [0.5, 0.6) is 5.75 Å². The minimum atomic E-state index is 0.00890. The third kappa shape index (κ3) is 6.94. The molecule has 0 spiro atoms. The quantitative estimate of drug-likeness (QED) is 0.295. The average Bonchev–Trinajstić information content (AvgIpc) is 3.69. The molecule has 37 heavy (non-hydrogen) atoms. The molecule has 2 aromatic carbocycles. The number of fused-ring (bicyclic) bond motifs is 1. The minimum absolute atomic E-state index is 0.00890. The fourth-order valence-corrected chi connectivity index (χ4v) is 5.04. The van der Waals surface area contributed by atoms with Crippen LogP contribution < -0.4 is 4.74 Å². The van der Waals surface area contributed by atoms with Crippen LogP contribution in [0.1, 0.15) is 63.5 Å². The molecule has 1 aromatic heterocycles. The van der Waals surface area contributed by atoms with Crippen molar-refractivity contribution in [1.29, 1.82) is 0 Å². The molecule has 0 radical (unpaired) electrons.